The molecule has 21 heavy (non-hydrogen) atoms. The van der Waals surface area contributed by atoms with Gasteiger partial charge in [-0.3, -0.25) is 4.31 Å². The molecule has 0 aromatic heterocycles. The molecule has 0 heterocycles. The molecule has 0 aliphatic rings. The number of ether oxygens (including phenoxy) is 1. The number of carbonyl (C=O) groups is 1. The maximum atomic E-state index is 13.8. The lowest BCUT2D eigenvalue weighted by Gasteiger charge is -2.24. The quantitative estimate of drug-likeness (QED) is 0.780. The van der Waals surface area contributed by atoms with Crippen LogP contribution in [0.5, 0.6) is 0 Å². The number of nitrogens with zero attached hydrogens (tertiary/aromatic N) is 1. The Labute approximate surface area is 123 Å². The number of anilines is 1. The van der Waals surface area contributed by atoms with Crippen molar-refractivity contribution in [2.45, 2.75) is 13.3 Å². The van der Waals surface area contributed by atoms with Gasteiger partial charge in [-0.2, -0.15) is 8.42 Å². The first-order valence-electron chi connectivity index (χ1n) is 6.34. The average Bonchev–Trinajstić information content (AvgIpc) is 2.40. The Morgan fingerprint density at radius 1 is 1.43 bits per heavy atom. The first kappa shape index (κ1) is 17.2. The normalized spacial score (nSPS) is 11.0. The van der Waals surface area contributed by atoms with Crippen molar-refractivity contribution < 1.29 is 22.3 Å². The molecule has 1 aromatic rings. The van der Waals surface area contributed by atoms with E-state index in [-0.39, 0.29) is 25.4 Å². The fourth-order valence-electron chi connectivity index (χ4n) is 1.58. The van der Waals surface area contributed by atoms with Gasteiger partial charge in [0.25, 0.3) is 0 Å². The van der Waals surface area contributed by atoms with Gasteiger partial charge in [-0.15, -0.1) is 0 Å². The number of carbonyl (C=O) groups excluding carboxylic acids is 1. The highest BCUT2D eigenvalue weighted by Gasteiger charge is 2.26. The van der Waals surface area contributed by atoms with E-state index in [4.69, 9.17) is 5.73 Å². The lowest BCUT2D eigenvalue weighted by molar-refractivity contribution is 0.158. The summed E-state index contributed by atoms with van der Waals surface area (Å²) >= 11 is 0. The minimum atomic E-state index is -4.28. The predicted octanol–water partition coefficient (Wildman–Crippen LogP) is 0.972. The molecule has 1 aromatic carbocycles. The Kier molecular flexibility index (Phi) is 6.38. The standard InChI is InChI=1S/C12H18FN3O4S/c1-2-20-12(17)15-21(18,19)16(9-5-8-14)11-7-4-3-6-10(11)13/h3-4,6-7H,2,5,8-9,14H2,1H3,(H,15,17). The van der Waals surface area contributed by atoms with Crippen molar-refractivity contribution in [3.63, 3.8) is 0 Å². The van der Waals surface area contributed by atoms with Gasteiger partial charge in [0.05, 0.1) is 12.3 Å². The van der Waals surface area contributed by atoms with Crippen LogP contribution in [-0.4, -0.2) is 34.2 Å². The first-order chi connectivity index (χ1) is 9.92. The molecule has 118 valence electrons. The van der Waals surface area contributed by atoms with Gasteiger partial charge in [0, 0.05) is 6.54 Å². The third-order valence-corrected chi connectivity index (χ3v) is 3.85. The maximum absolute atomic E-state index is 13.8. The minimum absolute atomic E-state index is 0.0177. The van der Waals surface area contributed by atoms with E-state index in [1.165, 1.54) is 25.1 Å². The van der Waals surface area contributed by atoms with Crippen LogP contribution in [0.3, 0.4) is 0 Å². The topological polar surface area (TPSA) is 102 Å². The van der Waals surface area contributed by atoms with Crippen molar-refractivity contribution in [2.24, 2.45) is 5.73 Å². The summed E-state index contributed by atoms with van der Waals surface area (Å²) in [7, 11) is -4.28. The van der Waals surface area contributed by atoms with Gasteiger partial charge < -0.3 is 10.5 Å². The van der Waals surface area contributed by atoms with Crippen LogP contribution in [0, 0.1) is 5.82 Å². The fraction of sp³-hybridized carbons (Fsp3) is 0.417. The van der Waals surface area contributed by atoms with E-state index in [1.54, 1.807) is 4.72 Å². The second-order valence-corrected chi connectivity index (χ2v) is 5.59. The van der Waals surface area contributed by atoms with E-state index in [2.05, 4.69) is 4.74 Å². The number of rotatable bonds is 7. The van der Waals surface area contributed by atoms with Crippen molar-refractivity contribution in [1.82, 2.24) is 4.72 Å². The van der Waals surface area contributed by atoms with E-state index >= 15 is 0 Å². The third-order valence-electron chi connectivity index (χ3n) is 2.46. The zero-order valence-electron chi connectivity index (χ0n) is 11.6. The van der Waals surface area contributed by atoms with Gasteiger partial charge >= 0.3 is 16.3 Å². The summed E-state index contributed by atoms with van der Waals surface area (Å²) in [6.45, 7) is 1.71. The van der Waals surface area contributed by atoms with Crippen LogP contribution in [0.15, 0.2) is 24.3 Å². The molecule has 9 heteroatoms. The summed E-state index contributed by atoms with van der Waals surface area (Å²) in [6.07, 6.45) is -0.815. The minimum Gasteiger partial charge on any atom is -0.449 e. The summed E-state index contributed by atoms with van der Waals surface area (Å²) in [5.74, 6) is -0.719. The highest BCUT2D eigenvalue weighted by atomic mass is 32.2. The van der Waals surface area contributed by atoms with Crippen molar-refractivity contribution in [3.05, 3.63) is 30.1 Å². The molecule has 1 rings (SSSR count). The molecule has 0 unspecified atom stereocenters. The van der Waals surface area contributed by atoms with Crippen LogP contribution in [0.2, 0.25) is 0 Å². The number of hydrogen-bond acceptors (Lipinski definition) is 5. The monoisotopic (exact) mass is 319 g/mol. The van der Waals surface area contributed by atoms with Gasteiger partial charge in [-0.25, -0.2) is 13.9 Å². The Hall–Kier alpha value is -1.87. The molecule has 0 atom stereocenters. The number of benzene rings is 1. The zero-order valence-corrected chi connectivity index (χ0v) is 12.4. The number of amides is 1. The molecule has 0 radical (unpaired) electrons. The van der Waals surface area contributed by atoms with Crippen molar-refractivity contribution in [1.29, 1.82) is 0 Å². The van der Waals surface area contributed by atoms with Gasteiger partial charge in [-0.05, 0) is 32.0 Å². The number of hydrogen-bond donors (Lipinski definition) is 2. The number of halogens is 1. The summed E-state index contributed by atoms with van der Waals surface area (Å²) in [5.41, 5.74) is 5.19. The Bertz CT molecular complexity index is 580. The third kappa shape index (κ3) is 4.87. The summed E-state index contributed by atoms with van der Waals surface area (Å²) in [6, 6.07) is 5.36. The number of nitrogens with two attached hydrogens (primary N) is 1. The predicted molar refractivity (Wildman–Crippen MR) is 76.5 cm³/mol. The van der Waals surface area contributed by atoms with E-state index in [0.29, 0.717) is 6.42 Å². The van der Waals surface area contributed by atoms with E-state index < -0.39 is 22.1 Å². The fourth-order valence-corrected chi connectivity index (χ4v) is 2.74. The zero-order chi connectivity index (χ0) is 15.9. The van der Waals surface area contributed by atoms with E-state index in [9.17, 15) is 17.6 Å². The average molecular weight is 319 g/mol. The summed E-state index contributed by atoms with van der Waals surface area (Å²) in [4.78, 5) is 11.3. The summed E-state index contributed by atoms with van der Waals surface area (Å²) < 4.78 is 45.2. The highest BCUT2D eigenvalue weighted by Crippen LogP contribution is 2.21. The smallest absolute Gasteiger partial charge is 0.422 e. The largest absolute Gasteiger partial charge is 0.449 e. The maximum Gasteiger partial charge on any atom is 0.422 e. The van der Waals surface area contributed by atoms with Crippen LogP contribution in [0.1, 0.15) is 13.3 Å². The number of para-hydroxylation sites is 1. The van der Waals surface area contributed by atoms with Crippen LogP contribution in [0.4, 0.5) is 14.9 Å². The van der Waals surface area contributed by atoms with Crippen LogP contribution >= 0.6 is 0 Å². The molecule has 0 spiro atoms. The van der Waals surface area contributed by atoms with E-state index in [0.717, 1.165) is 10.4 Å². The van der Waals surface area contributed by atoms with Gasteiger partial charge in [0.15, 0.2) is 0 Å². The first-order valence-corrected chi connectivity index (χ1v) is 7.78. The molecule has 3 N–H and O–H groups in total. The van der Waals surface area contributed by atoms with Crippen LogP contribution in [-0.2, 0) is 14.9 Å². The SMILES string of the molecule is CCOC(=O)NS(=O)(=O)N(CCCN)c1ccccc1F. The summed E-state index contributed by atoms with van der Waals surface area (Å²) in [5, 5.41) is 0. The van der Waals surface area contributed by atoms with Crippen LogP contribution in [0.25, 0.3) is 0 Å². The second-order valence-electron chi connectivity index (χ2n) is 3.99. The molecule has 1 amide bonds. The lowest BCUT2D eigenvalue weighted by Crippen LogP contribution is -2.45. The molecule has 0 saturated carbocycles. The lowest BCUT2D eigenvalue weighted by atomic mass is 10.3. The molecular formula is C12H18FN3O4S. The van der Waals surface area contributed by atoms with Crippen molar-refractivity contribution in [3.8, 4) is 0 Å². The van der Waals surface area contributed by atoms with E-state index in [1.807, 2.05) is 0 Å². The van der Waals surface area contributed by atoms with Gasteiger partial charge in [0.2, 0.25) is 0 Å². The Morgan fingerprint density at radius 2 is 2.10 bits per heavy atom. The second kappa shape index (κ2) is 7.79. The molecule has 7 nitrogen and oxygen atoms in total. The highest BCUT2D eigenvalue weighted by molar-refractivity contribution is 7.91. The molecular weight excluding hydrogens is 301 g/mol. The Morgan fingerprint density at radius 3 is 2.67 bits per heavy atom. The number of nitrogens with one attached hydrogen (secondary N) is 1. The molecule has 0 fully saturated rings. The van der Waals surface area contributed by atoms with Crippen molar-refractivity contribution in [2.75, 3.05) is 24.0 Å². The van der Waals surface area contributed by atoms with Gasteiger partial charge in [-0.1, -0.05) is 12.1 Å². The van der Waals surface area contributed by atoms with Crippen LogP contribution < -0.4 is 14.8 Å². The molecule has 0 aliphatic heterocycles. The Balaban J connectivity index is 3.07. The van der Waals surface area contributed by atoms with Crippen molar-refractivity contribution >= 4 is 22.0 Å². The molecule has 0 bridgehead atoms. The van der Waals surface area contributed by atoms with Gasteiger partial charge in [0.1, 0.15) is 5.82 Å². The molecule has 0 saturated heterocycles. The molecule has 0 aliphatic carbocycles.